The fourth-order valence-corrected chi connectivity index (χ4v) is 4.10. The average Bonchev–Trinajstić information content (AvgIpc) is 3.11. The zero-order valence-corrected chi connectivity index (χ0v) is 13.6. The molecule has 0 aliphatic carbocycles. The van der Waals surface area contributed by atoms with Gasteiger partial charge in [-0.15, -0.1) is 11.8 Å². The molecule has 0 saturated carbocycles. The fraction of sp³-hybridized carbons (Fsp3) is 0.750. The number of nitrogens with zero attached hydrogens (tertiary/aromatic N) is 3. The van der Waals surface area contributed by atoms with Gasteiger partial charge < -0.3 is 4.74 Å². The summed E-state index contributed by atoms with van der Waals surface area (Å²) in [5.74, 6) is 2.54. The molecule has 2 aliphatic rings. The lowest BCUT2D eigenvalue weighted by atomic mass is 10.0. The van der Waals surface area contributed by atoms with Crippen molar-refractivity contribution < 1.29 is 4.74 Å². The van der Waals surface area contributed by atoms with Gasteiger partial charge >= 0.3 is 0 Å². The first-order chi connectivity index (χ1) is 10.4. The Balaban J connectivity index is 1.52. The second-order valence-electron chi connectivity index (χ2n) is 6.04. The van der Waals surface area contributed by atoms with Gasteiger partial charge in [-0.05, 0) is 25.1 Å². The molecule has 4 nitrogen and oxygen atoms in total. The smallest absolute Gasteiger partial charge is 0.247 e. The number of thioether (sulfide) groups is 1. The van der Waals surface area contributed by atoms with Gasteiger partial charge in [0.15, 0.2) is 5.03 Å². The van der Waals surface area contributed by atoms with Gasteiger partial charge in [0, 0.05) is 31.4 Å². The van der Waals surface area contributed by atoms with Gasteiger partial charge in [-0.2, -0.15) is 0 Å². The van der Waals surface area contributed by atoms with E-state index in [0.29, 0.717) is 12.0 Å². The molecule has 116 valence electrons. The molecule has 5 heteroatoms. The van der Waals surface area contributed by atoms with E-state index in [9.17, 15) is 0 Å². The van der Waals surface area contributed by atoms with Gasteiger partial charge in [-0.3, -0.25) is 4.90 Å². The van der Waals surface area contributed by atoms with Gasteiger partial charge in [0.05, 0.1) is 0 Å². The Kier molecular flexibility index (Phi) is 5.36. The second-order valence-corrected chi connectivity index (χ2v) is 7.12. The lowest BCUT2D eigenvalue weighted by molar-refractivity contribution is 0.131. The largest absolute Gasteiger partial charge is 0.471 e. The molecule has 2 aliphatic heterocycles. The summed E-state index contributed by atoms with van der Waals surface area (Å²) in [7, 11) is 0. The number of hydrogen-bond donors (Lipinski definition) is 0. The van der Waals surface area contributed by atoms with E-state index in [0.717, 1.165) is 23.2 Å². The molecular weight excluding hydrogens is 282 g/mol. The molecule has 3 atom stereocenters. The highest BCUT2D eigenvalue weighted by molar-refractivity contribution is 7.99. The van der Waals surface area contributed by atoms with Crippen LogP contribution in [0.1, 0.15) is 39.0 Å². The third-order valence-corrected chi connectivity index (χ3v) is 5.45. The SMILES string of the molecule is CCCCCCSc1nccnc1O[C@@H]1CN2CC[C@@H]1C2. The number of rotatable bonds is 8. The highest BCUT2D eigenvalue weighted by Gasteiger charge is 2.39. The van der Waals surface area contributed by atoms with Gasteiger partial charge in [0.1, 0.15) is 6.10 Å². The van der Waals surface area contributed by atoms with E-state index in [1.807, 2.05) is 0 Å². The quantitative estimate of drug-likeness (QED) is 0.544. The number of ether oxygens (including phenoxy) is 1. The van der Waals surface area contributed by atoms with Crippen molar-refractivity contribution in [1.82, 2.24) is 14.9 Å². The van der Waals surface area contributed by atoms with Crippen molar-refractivity contribution in [2.75, 3.05) is 25.4 Å². The lowest BCUT2D eigenvalue weighted by Gasteiger charge is -2.23. The number of hydrogen-bond acceptors (Lipinski definition) is 5. The minimum Gasteiger partial charge on any atom is -0.471 e. The molecule has 0 N–H and O–H groups in total. The van der Waals surface area contributed by atoms with E-state index in [4.69, 9.17) is 4.74 Å². The summed E-state index contributed by atoms with van der Waals surface area (Å²) in [6, 6.07) is 0. The molecule has 3 rings (SSSR count). The summed E-state index contributed by atoms with van der Waals surface area (Å²) < 4.78 is 6.18. The van der Waals surface area contributed by atoms with Crippen LogP contribution in [0.3, 0.4) is 0 Å². The first-order valence-electron chi connectivity index (χ1n) is 8.19. The third-order valence-electron chi connectivity index (χ3n) is 4.41. The maximum Gasteiger partial charge on any atom is 0.247 e. The van der Waals surface area contributed by atoms with Crippen LogP contribution in [0.4, 0.5) is 0 Å². The Hall–Kier alpha value is -0.810. The molecule has 1 aromatic heterocycles. The predicted octanol–water partition coefficient (Wildman–Crippen LogP) is 3.23. The van der Waals surface area contributed by atoms with E-state index in [1.165, 1.54) is 45.2 Å². The molecule has 3 heterocycles. The minimum atomic E-state index is 0.315. The summed E-state index contributed by atoms with van der Waals surface area (Å²) in [5, 5.41) is 0.965. The summed E-state index contributed by atoms with van der Waals surface area (Å²) in [4.78, 5) is 11.4. The Morgan fingerprint density at radius 3 is 2.90 bits per heavy atom. The Morgan fingerprint density at radius 2 is 2.14 bits per heavy atom. The average molecular weight is 307 g/mol. The maximum absolute atomic E-state index is 6.18. The molecule has 0 radical (unpaired) electrons. The van der Waals surface area contributed by atoms with Crippen molar-refractivity contribution in [2.45, 2.75) is 50.2 Å². The topological polar surface area (TPSA) is 38.3 Å². The van der Waals surface area contributed by atoms with Crippen LogP contribution in [0.25, 0.3) is 0 Å². The monoisotopic (exact) mass is 307 g/mol. The van der Waals surface area contributed by atoms with Gasteiger partial charge in [-0.25, -0.2) is 9.97 Å². The van der Waals surface area contributed by atoms with E-state index in [2.05, 4.69) is 21.8 Å². The zero-order chi connectivity index (χ0) is 14.5. The number of aromatic nitrogens is 2. The van der Waals surface area contributed by atoms with Crippen LogP contribution in [0, 0.1) is 5.92 Å². The Morgan fingerprint density at radius 1 is 1.24 bits per heavy atom. The van der Waals surface area contributed by atoms with Gasteiger partial charge in [-0.1, -0.05) is 26.2 Å². The van der Waals surface area contributed by atoms with Crippen LogP contribution in [-0.4, -0.2) is 46.4 Å². The molecule has 1 unspecified atom stereocenters. The third kappa shape index (κ3) is 3.89. The van der Waals surface area contributed by atoms with Crippen molar-refractivity contribution in [2.24, 2.45) is 5.92 Å². The van der Waals surface area contributed by atoms with Gasteiger partial charge in [0.2, 0.25) is 5.88 Å². The van der Waals surface area contributed by atoms with E-state index < -0.39 is 0 Å². The highest BCUT2D eigenvalue weighted by Crippen LogP contribution is 2.33. The predicted molar refractivity (Wildman–Crippen MR) is 85.9 cm³/mol. The lowest BCUT2D eigenvalue weighted by Crippen LogP contribution is -2.32. The van der Waals surface area contributed by atoms with Crippen LogP contribution in [0.2, 0.25) is 0 Å². The molecule has 21 heavy (non-hydrogen) atoms. The van der Waals surface area contributed by atoms with E-state index >= 15 is 0 Å². The molecule has 2 bridgehead atoms. The first kappa shape index (κ1) is 15.1. The molecule has 0 amide bonds. The molecule has 0 spiro atoms. The first-order valence-corrected chi connectivity index (χ1v) is 9.18. The van der Waals surface area contributed by atoms with Crippen molar-refractivity contribution in [3.8, 4) is 5.88 Å². The molecule has 2 saturated heterocycles. The van der Waals surface area contributed by atoms with Crippen LogP contribution in [-0.2, 0) is 0 Å². The van der Waals surface area contributed by atoms with Crippen molar-refractivity contribution in [3.63, 3.8) is 0 Å². The summed E-state index contributed by atoms with van der Waals surface area (Å²) in [6.45, 7) is 5.74. The number of piperidine rings is 1. The summed E-state index contributed by atoms with van der Waals surface area (Å²) >= 11 is 1.79. The standard InChI is InChI=1S/C16H25N3OS/c1-2-3-4-5-10-21-16-15(17-7-8-18-16)20-14-12-19-9-6-13(14)11-19/h7-8,13-14H,2-6,9-12H2,1H3/t13-,14-/m1/s1. The second kappa shape index (κ2) is 7.45. The minimum absolute atomic E-state index is 0.315. The van der Waals surface area contributed by atoms with Crippen LogP contribution >= 0.6 is 11.8 Å². The fourth-order valence-electron chi connectivity index (χ4n) is 3.20. The summed E-state index contributed by atoms with van der Waals surface area (Å²) in [5.41, 5.74) is 0. The van der Waals surface area contributed by atoms with Gasteiger partial charge in [0.25, 0.3) is 0 Å². The molecule has 2 fully saturated rings. The Labute approximate surface area is 131 Å². The van der Waals surface area contributed by atoms with E-state index in [-0.39, 0.29) is 0 Å². The van der Waals surface area contributed by atoms with Crippen molar-refractivity contribution in [3.05, 3.63) is 12.4 Å². The number of unbranched alkanes of at least 4 members (excludes halogenated alkanes) is 3. The normalized spacial score (nSPS) is 27.2. The molecular formula is C16H25N3OS. The van der Waals surface area contributed by atoms with Crippen LogP contribution < -0.4 is 4.74 Å². The highest BCUT2D eigenvalue weighted by atomic mass is 32.2. The van der Waals surface area contributed by atoms with Crippen LogP contribution in [0.15, 0.2) is 17.4 Å². The summed E-state index contributed by atoms with van der Waals surface area (Å²) in [6.07, 6.45) is 10.2. The molecule has 0 aromatic carbocycles. The van der Waals surface area contributed by atoms with Crippen LogP contribution in [0.5, 0.6) is 5.88 Å². The van der Waals surface area contributed by atoms with E-state index in [1.54, 1.807) is 24.2 Å². The zero-order valence-electron chi connectivity index (χ0n) is 12.8. The van der Waals surface area contributed by atoms with Crippen molar-refractivity contribution >= 4 is 11.8 Å². The van der Waals surface area contributed by atoms with Crippen molar-refractivity contribution in [1.29, 1.82) is 0 Å². The maximum atomic E-state index is 6.18. The Bertz CT molecular complexity index is 457. The number of fused-ring (bicyclic) bond motifs is 2. The molecule has 1 aromatic rings.